The van der Waals surface area contributed by atoms with E-state index in [0.29, 0.717) is 12.3 Å². The Bertz CT molecular complexity index is 400. The topological polar surface area (TPSA) is 50.7 Å². The van der Waals surface area contributed by atoms with Gasteiger partial charge < -0.3 is 4.74 Å². The zero-order valence-electron chi connectivity index (χ0n) is 10.4. The number of carbonyl (C=O) groups excluding carboxylic acids is 1. The molecule has 0 saturated heterocycles. The second-order valence-corrected chi connectivity index (χ2v) is 4.13. The number of amides is 1. The van der Waals surface area contributed by atoms with Crippen LogP contribution in [0.1, 0.15) is 25.8 Å². The molecular weight excluding hydrogens is 216 g/mol. The Morgan fingerprint density at radius 1 is 1.47 bits per heavy atom. The molecule has 0 radical (unpaired) electrons. The lowest BCUT2D eigenvalue weighted by Crippen LogP contribution is -2.19. The van der Waals surface area contributed by atoms with Gasteiger partial charge in [-0.05, 0) is 18.1 Å². The SMILES string of the molecule is COc1ccccc1/C=N\NC(=O)CC(C)C. The summed E-state index contributed by atoms with van der Waals surface area (Å²) < 4.78 is 5.16. The van der Waals surface area contributed by atoms with Crippen LogP contribution in [0.4, 0.5) is 0 Å². The highest BCUT2D eigenvalue weighted by Crippen LogP contribution is 2.14. The summed E-state index contributed by atoms with van der Waals surface area (Å²) in [5.41, 5.74) is 3.32. The van der Waals surface area contributed by atoms with Gasteiger partial charge in [0, 0.05) is 12.0 Å². The second-order valence-electron chi connectivity index (χ2n) is 4.13. The number of nitrogens with one attached hydrogen (secondary N) is 1. The highest BCUT2D eigenvalue weighted by Gasteiger charge is 2.02. The predicted octanol–water partition coefficient (Wildman–Crippen LogP) is 2.19. The van der Waals surface area contributed by atoms with Crippen molar-refractivity contribution in [1.82, 2.24) is 5.43 Å². The molecule has 4 nitrogen and oxygen atoms in total. The van der Waals surface area contributed by atoms with Gasteiger partial charge in [0.25, 0.3) is 0 Å². The molecular formula is C13H18N2O2. The lowest BCUT2D eigenvalue weighted by atomic mass is 10.1. The third kappa shape index (κ3) is 4.68. The second kappa shape index (κ2) is 6.68. The summed E-state index contributed by atoms with van der Waals surface area (Å²) in [5, 5.41) is 3.90. The van der Waals surface area contributed by atoms with Crippen LogP contribution in [-0.2, 0) is 4.79 Å². The molecule has 0 bridgehead atoms. The molecule has 0 aliphatic rings. The van der Waals surface area contributed by atoms with Gasteiger partial charge in [0.2, 0.25) is 5.91 Å². The van der Waals surface area contributed by atoms with Crippen molar-refractivity contribution < 1.29 is 9.53 Å². The van der Waals surface area contributed by atoms with E-state index in [1.54, 1.807) is 13.3 Å². The Balaban J connectivity index is 2.56. The molecule has 17 heavy (non-hydrogen) atoms. The summed E-state index contributed by atoms with van der Waals surface area (Å²) >= 11 is 0. The van der Waals surface area contributed by atoms with Crippen LogP contribution in [0, 0.1) is 5.92 Å². The molecule has 0 unspecified atom stereocenters. The predicted molar refractivity (Wildman–Crippen MR) is 68.2 cm³/mol. The first kappa shape index (κ1) is 13.2. The summed E-state index contributed by atoms with van der Waals surface area (Å²) in [6.45, 7) is 3.98. The van der Waals surface area contributed by atoms with Crippen LogP contribution in [0.25, 0.3) is 0 Å². The fourth-order valence-corrected chi connectivity index (χ4v) is 1.36. The molecule has 1 N–H and O–H groups in total. The van der Waals surface area contributed by atoms with Crippen molar-refractivity contribution in [1.29, 1.82) is 0 Å². The van der Waals surface area contributed by atoms with Crippen molar-refractivity contribution in [3.05, 3.63) is 29.8 Å². The number of nitrogens with zero attached hydrogens (tertiary/aromatic N) is 1. The Labute approximate surface area is 102 Å². The first-order valence-corrected chi connectivity index (χ1v) is 5.58. The van der Waals surface area contributed by atoms with Crippen LogP contribution in [0.3, 0.4) is 0 Å². The van der Waals surface area contributed by atoms with E-state index in [1.807, 2.05) is 38.1 Å². The zero-order valence-corrected chi connectivity index (χ0v) is 10.4. The standard InChI is InChI=1S/C13H18N2O2/c1-10(2)8-13(16)15-14-9-11-6-4-5-7-12(11)17-3/h4-7,9-10H,8H2,1-3H3,(H,15,16)/b14-9-. The summed E-state index contributed by atoms with van der Waals surface area (Å²) in [6.07, 6.45) is 2.06. The van der Waals surface area contributed by atoms with Gasteiger partial charge in [0.1, 0.15) is 5.75 Å². The van der Waals surface area contributed by atoms with Crippen molar-refractivity contribution >= 4 is 12.1 Å². The number of rotatable bonds is 5. The average molecular weight is 234 g/mol. The normalized spacial score (nSPS) is 10.8. The molecule has 0 heterocycles. The number of methoxy groups -OCH3 is 1. The first-order chi connectivity index (χ1) is 8.13. The largest absolute Gasteiger partial charge is 0.496 e. The fraction of sp³-hybridized carbons (Fsp3) is 0.385. The lowest BCUT2D eigenvalue weighted by Gasteiger charge is -2.04. The van der Waals surface area contributed by atoms with Gasteiger partial charge >= 0.3 is 0 Å². The highest BCUT2D eigenvalue weighted by atomic mass is 16.5. The average Bonchev–Trinajstić information content (AvgIpc) is 2.28. The molecule has 0 aliphatic carbocycles. The molecule has 1 aromatic rings. The van der Waals surface area contributed by atoms with Gasteiger partial charge in [-0.25, -0.2) is 5.43 Å². The summed E-state index contributed by atoms with van der Waals surface area (Å²) in [5.74, 6) is 0.983. The number of para-hydroxylation sites is 1. The Morgan fingerprint density at radius 2 is 2.18 bits per heavy atom. The molecule has 92 valence electrons. The lowest BCUT2D eigenvalue weighted by molar-refractivity contribution is -0.121. The van der Waals surface area contributed by atoms with Gasteiger partial charge in [-0.15, -0.1) is 0 Å². The van der Waals surface area contributed by atoms with Crippen molar-refractivity contribution in [2.45, 2.75) is 20.3 Å². The van der Waals surface area contributed by atoms with Crippen LogP contribution in [0.2, 0.25) is 0 Å². The molecule has 4 heteroatoms. The van der Waals surface area contributed by atoms with E-state index in [9.17, 15) is 4.79 Å². The van der Waals surface area contributed by atoms with E-state index >= 15 is 0 Å². The highest BCUT2D eigenvalue weighted by molar-refractivity contribution is 5.85. The molecule has 1 amide bonds. The molecule has 1 rings (SSSR count). The number of benzene rings is 1. The number of hydrogen-bond acceptors (Lipinski definition) is 3. The van der Waals surface area contributed by atoms with Crippen LogP contribution in [-0.4, -0.2) is 19.2 Å². The maximum atomic E-state index is 11.3. The Hall–Kier alpha value is -1.84. The molecule has 0 aliphatic heterocycles. The smallest absolute Gasteiger partial charge is 0.240 e. The Kier molecular flexibility index (Phi) is 5.20. The van der Waals surface area contributed by atoms with E-state index in [4.69, 9.17) is 4.74 Å². The number of carbonyl (C=O) groups is 1. The summed E-state index contributed by atoms with van der Waals surface area (Å²) in [6, 6.07) is 7.49. The van der Waals surface area contributed by atoms with Gasteiger partial charge in [-0.1, -0.05) is 26.0 Å². The van der Waals surface area contributed by atoms with E-state index in [0.717, 1.165) is 11.3 Å². The van der Waals surface area contributed by atoms with Crippen molar-refractivity contribution in [3.8, 4) is 5.75 Å². The first-order valence-electron chi connectivity index (χ1n) is 5.58. The summed E-state index contributed by atoms with van der Waals surface area (Å²) in [4.78, 5) is 11.3. The minimum Gasteiger partial charge on any atom is -0.496 e. The molecule has 0 atom stereocenters. The van der Waals surface area contributed by atoms with E-state index < -0.39 is 0 Å². The number of hydrogen-bond donors (Lipinski definition) is 1. The van der Waals surface area contributed by atoms with E-state index in [2.05, 4.69) is 10.5 Å². The Morgan fingerprint density at radius 3 is 2.82 bits per heavy atom. The van der Waals surface area contributed by atoms with E-state index in [1.165, 1.54) is 0 Å². The summed E-state index contributed by atoms with van der Waals surface area (Å²) in [7, 11) is 1.60. The van der Waals surface area contributed by atoms with E-state index in [-0.39, 0.29) is 5.91 Å². The third-order valence-corrected chi connectivity index (χ3v) is 2.13. The van der Waals surface area contributed by atoms with Crippen molar-refractivity contribution in [2.75, 3.05) is 7.11 Å². The van der Waals surface area contributed by atoms with Crippen LogP contribution in [0.5, 0.6) is 5.75 Å². The van der Waals surface area contributed by atoms with Crippen LogP contribution >= 0.6 is 0 Å². The van der Waals surface area contributed by atoms with Crippen molar-refractivity contribution in [3.63, 3.8) is 0 Å². The molecule has 0 fully saturated rings. The molecule has 0 spiro atoms. The maximum absolute atomic E-state index is 11.3. The zero-order chi connectivity index (χ0) is 12.7. The van der Waals surface area contributed by atoms with Gasteiger partial charge in [0.05, 0.1) is 13.3 Å². The monoisotopic (exact) mass is 234 g/mol. The fourth-order valence-electron chi connectivity index (χ4n) is 1.36. The van der Waals surface area contributed by atoms with Crippen molar-refractivity contribution in [2.24, 2.45) is 11.0 Å². The molecule has 1 aromatic carbocycles. The molecule has 0 saturated carbocycles. The van der Waals surface area contributed by atoms with Gasteiger partial charge in [0.15, 0.2) is 0 Å². The minimum atomic E-state index is -0.0776. The number of ether oxygens (including phenoxy) is 1. The maximum Gasteiger partial charge on any atom is 0.240 e. The quantitative estimate of drug-likeness (QED) is 0.627. The third-order valence-electron chi connectivity index (χ3n) is 2.13. The van der Waals surface area contributed by atoms with Crippen LogP contribution in [0.15, 0.2) is 29.4 Å². The number of hydrazone groups is 1. The molecule has 0 aromatic heterocycles. The van der Waals surface area contributed by atoms with Gasteiger partial charge in [-0.2, -0.15) is 5.10 Å². The minimum absolute atomic E-state index is 0.0776. The van der Waals surface area contributed by atoms with Crippen LogP contribution < -0.4 is 10.2 Å². The van der Waals surface area contributed by atoms with Gasteiger partial charge in [-0.3, -0.25) is 4.79 Å².